The van der Waals surface area contributed by atoms with Crippen LogP contribution in [-0.2, 0) is 33.1 Å². The van der Waals surface area contributed by atoms with Crippen molar-refractivity contribution in [2.24, 2.45) is 0 Å². The molecule has 6 nitrogen and oxygen atoms in total. The second-order valence-corrected chi connectivity index (χ2v) is 9.88. The number of hydrogen-bond acceptors (Lipinski definition) is 4. The van der Waals surface area contributed by atoms with Gasteiger partial charge in [0.1, 0.15) is 11.4 Å². The van der Waals surface area contributed by atoms with Crippen molar-refractivity contribution in [3.63, 3.8) is 0 Å². The Morgan fingerprint density at radius 1 is 1.17 bits per heavy atom. The lowest BCUT2D eigenvalue weighted by molar-refractivity contribution is -0.137. The fourth-order valence-corrected chi connectivity index (χ4v) is 5.17. The summed E-state index contributed by atoms with van der Waals surface area (Å²) in [5.41, 5.74) is -0.940. The van der Waals surface area contributed by atoms with Crippen LogP contribution in [0, 0.1) is 0 Å². The first-order valence-electron chi connectivity index (χ1n) is 8.02. The molecule has 0 radical (unpaired) electrons. The number of halogens is 5. The van der Waals surface area contributed by atoms with E-state index in [1.54, 1.807) is 0 Å². The van der Waals surface area contributed by atoms with Gasteiger partial charge in [0.25, 0.3) is 10.0 Å². The zero-order chi connectivity index (χ0) is 22.1. The number of anilines is 1. The molecule has 2 N–H and O–H groups in total. The van der Waals surface area contributed by atoms with E-state index in [-0.39, 0.29) is 21.4 Å². The van der Waals surface area contributed by atoms with Crippen LogP contribution >= 0.6 is 23.2 Å². The maximum absolute atomic E-state index is 13.1. The van der Waals surface area contributed by atoms with Crippen LogP contribution in [0.4, 0.5) is 18.9 Å². The van der Waals surface area contributed by atoms with E-state index >= 15 is 0 Å². The summed E-state index contributed by atoms with van der Waals surface area (Å²) in [5, 5.41) is -0.495. The van der Waals surface area contributed by atoms with Gasteiger partial charge in [-0.3, -0.25) is 4.72 Å². The lowest BCUT2D eigenvalue weighted by Crippen LogP contribution is -2.17. The number of imidazole rings is 1. The van der Waals surface area contributed by atoms with Gasteiger partial charge >= 0.3 is 6.18 Å². The number of nitrogens with one attached hydrogen (secondary N) is 2. The average Bonchev–Trinajstić information content (AvgIpc) is 3.13. The number of sulfonamides is 1. The molecule has 1 atom stereocenters. The van der Waals surface area contributed by atoms with E-state index in [1.807, 2.05) is 0 Å². The number of H-pyrrole nitrogens is 1. The summed E-state index contributed by atoms with van der Waals surface area (Å²) >= 11 is 9.76. The van der Waals surface area contributed by atoms with E-state index in [1.165, 1.54) is 30.7 Å². The minimum absolute atomic E-state index is 0.0149. The first-order chi connectivity index (χ1) is 14.0. The number of aromatic nitrogens is 2. The lowest BCUT2D eigenvalue weighted by Gasteiger charge is -2.16. The van der Waals surface area contributed by atoms with Crippen molar-refractivity contribution in [1.29, 1.82) is 0 Å². The topological polar surface area (TPSA) is 97.9 Å². The van der Waals surface area contributed by atoms with Crippen molar-refractivity contribution >= 4 is 50.1 Å². The SMILES string of the molecule is O=S(=O)(Nc1cc(Cl)ccc1[S+]([O-])Cc1c[nH]cn1)c1ccc(Cl)c(C(F)(F)F)c1. The molecule has 160 valence electrons. The minimum Gasteiger partial charge on any atom is -0.611 e. The summed E-state index contributed by atoms with van der Waals surface area (Å²) in [5.74, 6) is -0.0149. The Morgan fingerprint density at radius 3 is 2.53 bits per heavy atom. The van der Waals surface area contributed by atoms with Crippen LogP contribution in [0.1, 0.15) is 11.3 Å². The molecule has 0 saturated carbocycles. The Balaban J connectivity index is 1.96. The van der Waals surface area contributed by atoms with Gasteiger partial charge in [0.2, 0.25) is 0 Å². The van der Waals surface area contributed by atoms with Gasteiger partial charge in [-0.15, -0.1) is 0 Å². The molecule has 1 heterocycles. The third-order valence-electron chi connectivity index (χ3n) is 3.82. The zero-order valence-corrected chi connectivity index (χ0v) is 17.8. The van der Waals surface area contributed by atoms with Crippen LogP contribution < -0.4 is 4.72 Å². The second-order valence-electron chi connectivity index (χ2n) is 5.94. The largest absolute Gasteiger partial charge is 0.611 e. The molecule has 0 saturated heterocycles. The number of alkyl halides is 3. The van der Waals surface area contributed by atoms with Gasteiger partial charge < -0.3 is 9.54 Å². The van der Waals surface area contributed by atoms with Gasteiger partial charge in [0.05, 0.1) is 21.8 Å². The zero-order valence-electron chi connectivity index (χ0n) is 14.7. The quantitative estimate of drug-likeness (QED) is 0.475. The molecule has 3 rings (SSSR count). The van der Waals surface area contributed by atoms with E-state index in [0.29, 0.717) is 11.8 Å². The number of nitrogens with zero attached hydrogens (tertiary/aromatic N) is 1. The predicted octanol–water partition coefficient (Wildman–Crippen LogP) is 4.84. The number of aromatic amines is 1. The normalized spacial score (nSPS) is 13.3. The van der Waals surface area contributed by atoms with Gasteiger partial charge in [-0.05, 0) is 47.6 Å². The molecule has 0 aliphatic rings. The molecule has 30 heavy (non-hydrogen) atoms. The highest BCUT2D eigenvalue weighted by Crippen LogP contribution is 2.36. The lowest BCUT2D eigenvalue weighted by atomic mass is 10.2. The Kier molecular flexibility index (Phi) is 6.58. The molecule has 0 fully saturated rings. The minimum atomic E-state index is -4.84. The first kappa shape index (κ1) is 22.8. The predicted molar refractivity (Wildman–Crippen MR) is 107 cm³/mol. The Morgan fingerprint density at radius 2 is 1.90 bits per heavy atom. The monoisotopic (exact) mass is 497 g/mol. The molecular weight excluding hydrogens is 486 g/mol. The molecule has 3 aromatic rings. The number of rotatable bonds is 6. The van der Waals surface area contributed by atoms with Crippen molar-refractivity contribution in [3.05, 3.63) is 70.2 Å². The van der Waals surface area contributed by atoms with Crippen LogP contribution in [0.15, 0.2) is 58.7 Å². The number of hydrogen-bond donors (Lipinski definition) is 2. The molecule has 0 amide bonds. The third kappa shape index (κ3) is 5.22. The summed E-state index contributed by atoms with van der Waals surface area (Å²) in [6.07, 6.45) is -1.91. The maximum Gasteiger partial charge on any atom is 0.417 e. The first-order valence-corrected chi connectivity index (χ1v) is 11.6. The Bertz CT molecular complexity index is 1160. The van der Waals surface area contributed by atoms with Crippen molar-refractivity contribution < 1.29 is 26.1 Å². The Hall–Kier alpha value is -1.92. The van der Waals surface area contributed by atoms with Gasteiger partial charge in [-0.1, -0.05) is 23.2 Å². The molecule has 13 heteroatoms. The average molecular weight is 498 g/mol. The van der Waals surface area contributed by atoms with Crippen LogP contribution in [0.2, 0.25) is 10.0 Å². The van der Waals surface area contributed by atoms with Gasteiger partial charge in [-0.25, -0.2) is 13.4 Å². The van der Waals surface area contributed by atoms with E-state index < -0.39 is 42.9 Å². The molecule has 1 aromatic heterocycles. The summed E-state index contributed by atoms with van der Waals surface area (Å²) in [6.45, 7) is 0. The smallest absolute Gasteiger partial charge is 0.417 e. The summed E-state index contributed by atoms with van der Waals surface area (Å²) < 4.78 is 79.5. The van der Waals surface area contributed by atoms with Crippen LogP contribution in [0.5, 0.6) is 0 Å². The highest BCUT2D eigenvalue weighted by atomic mass is 35.5. The summed E-state index contributed by atoms with van der Waals surface area (Å²) in [6, 6.07) is 6.21. The molecule has 1 unspecified atom stereocenters. The van der Waals surface area contributed by atoms with Crippen molar-refractivity contribution in [2.75, 3.05) is 4.72 Å². The van der Waals surface area contributed by atoms with E-state index in [4.69, 9.17) is 23.2 Å². The maximum atomic E-state index is 13.1. The van der Waals surface area contributed by atoms with Gasteiger partial charge in [0.15, 0.2) is 10.6 Å². The van der Waals surface area contributed by atoms with Gasteiger partial charge in [-0.2, -0.15) is 13.2 Å². The molecule has 0 aliphatic heterocycles. The third-order valence-corrected chi connectivity index (χ3v) is 7.15. The van der Waals surface area contributed by atoms with Crippen LogP contribution in [0.3, 0.4) is 0 Å². The fraction of sp³-hybridized carbons (Fsp3) is 0.118. The molecule has 0 bridgehead atoms. The van der Waals surface area contributed by atoms with Gasteiger partial charge in [0, 0.05) is 11.2 Å². The van der Waals surface area contributed by atoms with Crippen molar-refractivity contribution in [3.8, 4) is 0 Å². The Labute approximate surface area is 182 Å². The highest BCUT2D eigenvalue weighted by molar-refractivity contribution is 7.93. The fourth-order valence-electron chi connectivity index (χ4n) is 2.45. The van der Waals surface area contributed by atoms with Crippen molar-refractivity contribution in [2.45, 2.75) is 21.7 Å². The van der Waals surface area contributed by atoms with Crippen molar-refractivity contribution in [1.82, 2.24) is 9.97 Å². The molecular formula is C17H12Cl2F3N3O3S2. The van der Waals surface area contributed by atoms with E-state index in [2.05, 4.69) is 14.7 Å². The standard InChI is InChI=1S/C17H12Cl2F3N3O3S2/c18-10-1-4-16(29(26)8-11-7-23-9-24-11)15(5-10)25-30(27,28)12-2-3-14(19)13(6-12)17(20,21)22/h1-7,9,25H,8H2,(H,23,24). The molecule has 0 aliphatic carbocycles. The van der Waals surface area contributed by atoms with E-state index in [0.717, 1.165) is 12.1 Å². The van der Waals surface area contributed by atoms with Crippen LogP contribution in [-0.4, -0.2) is 22.9 Å². The second kappa shape index (κ2) is 8.67. The summed E-state index contributed by atoms with van der Waals surface area (Å²) in [4.78, 5) is 6.10. The molecule has 2 aromatic carbocycles. The van der Waals surface area contributed by atoms with Crippen LogP contribution in [0.25, 0.3) is 0 Å². The van der Waals surface area contributed by atoms with E-state index in [9.17, 15) is 26.1 Å². The summed E-state index contributed by atoms with van der Waals surface area (Å²) in [7, 11) is -4.47. The highest BCUT2D eigenvalue weighted by Gasteiger charge is 2.35. The number of benzene rings is 2. The molecule has 0 spiro atoms.